The van der Waals surface area contributed by atoms with Crippen molar-refractivity contribution >= 4 is 40.1 Å². The molecule has 0 spiro atoms. The lowest BCUT2D eigenvalue weighted by molar-refractivity contribution is -0.111. The summed E-state index contributed by atoms with van der Waals surface area (Å²) in [5.74, 6) is -0.254. The smallest absolute Gasteiger partial charge is 0.250 e. The average Bonchev–Trinajstić information content (AvgIpc) is 3.02. The highest BCUT2D eigenvalue weighted by molar-refractivity contribution is 7.18. The average molecular weight is 342 g/mol. The third kappa shape index (κ3) is 4.03. The molecule has 0 aliphatic heterocycles. The highest BCUT2D eigenvalue weighted by Crippen LogP contribution is 2.31. The van der Waals surface area contributed by atoms with Gasteiger partial charge >= 0.3 is 0 Å². The summed E-state index contributed by atoms with van der Waals surface area (Å²) in [6.45, 7) is 0. The zero-order chi connectivity index (χ0) is 16.1. The molecule has 1 amide bonds. The highest BCUT2D eigenvalue weighted by atomic mass is 35.5. The second kappa shape index (κ2) is 7.17. The minimum atomic E-state index is -0.254. The summed E-state index contributed by atoms with van der Waals surface area (Å²) in [5.41, 5.74) is 1.75. The van der Waals surface area contributed by atoms with Crippen LogP contribution < -0.4 is 5.32 Å². The SMILES string of the molecule is O=C(/C=C/c1ccccc1)Nc1nnc(-c2ccccc2Cl)s1. The molecule has 3 aromatic rings. The van der Waals surface area contributed by atoms with E-state index in [2.05, 4.69) is 15.5 Å². The molecule has 2 aromatic carbocycles. The third-order valence-electron chi connectivity index (χ3n) is 2.99. The van der Waals surface area contributed by atoms with Crippen LogP contribution in [-0.2, 0) is 4.79 Å². The zero-order valence-corrected chi connectivity index (χ0v) is 13.5. The van der Waals surface area contributed by atoms with Gasteiger partial charge in [0.25, 0.3) is 0 Å². The third-order valence-corrected chi connectivity index (χ3v) is 4.19. The van der Waals surface area contributed by atoms with Crippen LogP contribution in [0.15, 0.2) is 60.7 Å². The van der Waals surface area contributed by atoms with E-state index in [9.17, 15) is 4.79 Å². The van der Waals surface area contributed by atoms with Crippen LogP contribution in [0.2, 0.25) is 5.02 Å². The van der Waals surface area contributed by atoms with Gasteiger partial charge in [0.1, 0.15) is 0 Å². The number of benzene rings is 2. The van der Waals surface area contributed by atoms with Crippen molar-refractivity contribution in [3.63, 3.8) is 0 Å². The van der Waals surface area contributed by atoms with E-state index >= 15 is 0 Å². The van der Waals surface area contributed by atoms with Crippen molar-refractivity contribution in [2.24, 2.45) is 0 Å². The minimum Gasteiger partial charge on any atom is -0.297 e. The Labute approximate surface area is 142 Å². The van der Waals surface area contributed by atoms with Crippen molar-refractivity contribution in [1.29, 1.82) is 0 Å². The lowest BCUT2D eigenvalue weighted by Crippen LogP contribution is -2.07. The van der Waals surface area contributed by atoms with Crippen LogP contribution in [0.5, 0.6) is 0 Å². The van der Waals surface area contributed by atoms with Gasteiger partial charge in [-0.3, -0.25) is 10.1 Å². The number of halogens is 1. The van der Waals surface area contributed by atoms with Gasteiger partial charge in [-0.1, -0.05) is 71.5 Å². The van der Waals surface area contributed by atoms with Gasteiger partial charge in [0.2, 0.25) is 11.0 Å². The summed E-state index contributed by atoms with van der Waals surface area (Å²) in [7, 11) is 0. The Hall–Kier alpha value is -2.50. The summed E-state index contributed by atoms with van der Waals surface area (Å²) in [4.78, 5) is 11.9. The Kier molecular flexibility index (Phi) is 4.80. The largest absolute Gasteiger partial charge is 0.297 e. The topological polar surface area (TPSA) is 54.9 Å². The van der Waals surface area contributed by atoms with Crippen LogP contribution in [-0.4, -0.2) is 16.1 Å². The molecule has 0 radical (unpaired) electrons. The second-order valence-electron chi connectivity index (χ2n) is 4.63. The number of nitrogens with zero attached hydrogens (tertiary/aromatic N) is 2. The minimum absolute atomic E-state index is 0.254. The van der Waals surface area contributed by atoms with Gasteiger partial charge in [-0.2, -0.15) is 0 Å². The van der Waals surface area contributed by atoms with Gasteiger partial charge in [0.05, 0.1) is 5.02 Å². The number of nitrogens with one attached hydrogen (secondary N) is 1. The summed E-state index contributed by atoms with van der Waals surface area (Å²) < 4.78 is 0. The summed E-state index contributed by atoms with van der Waals surface area (Å²) in [6.07, 6.45) is 3.21. The number of aromatic nitrogens is 2. The second-order valence-corrected chi connectivity index (χ2v) is 6.01. The Balaban J connectivity index is 1.68. The van der Waals surface area contributed by atoms with E-state index < -0.39 is 0 Å². The van der Waals surface area contributed by atoms with Crippen molar-refractivity contribution in [3.8, 4) is 10.6 Å². The molecule has 0 fully saturated rings. The van der Waals surface area contributed by atoms with E-state index in [0.29, 0.717) is 15.2 Å². The number of carbonyl (C=O) groups excluding carboxylic acids is 1. The molecule has 0 atom stereocenters. The fourth-order valence-electron chi connectivity index (χ4n) is 1.90. The molecule has 1 heterocycles. The molecule has 0 aliphatic rings. The van der Waals surface area contributed by atoms with Gasteiger partial charge in [-0.05, 0) is 17.7 Å². The maximum absolute atomic E-state index is 11.9. The van der Waals surface area contributed by atoms with Gasteiger partial charge < -0.3 is 0 Å². The van der Waals surface area contributed by atoms with Crippen LogP contribution >= 0.6 is 22.9 Å². The molecule has 0 saturated heterocycles. The Morgan fingerprint density at radius 1 is 1.04 bits per heavy atom. The quantitative estimate of drug-likeness (QED) is 0.710. The van der Waals surface area contributed by atoms with E-state index in [4.69, 9.17) is 11.6 Å². The van der Waals surface area contributed by atoms with E-state index in [1.165, 1.54) is 17.4 Å². The van der Waals surface area contributed by atoms with Gasteiger partial charge in [0, 0.05) is 11.6 Å². The van der Waals surface area contributed by atoms with Gasteiger partial charge in [0.15, 0.2) is 5.01 Å². The first-order chi connectivity index (χ1) is 11.2. The van der Waals surface area contributed by atoms with Gasteiger partial charge in [-0.15, -0.1) is 10.2 Å². The van der Waals surface area contributed by atoms with Crippen LogP contribution in [0.4, 0.5) is 5.13 Å². The molecule has 0 bridgehead atoms. The Morgan fingerprint density at radius 3 is 2.57 bits per heavy atom. The van der Waals surface area contributed by atoms with Crippen molar-refractivity contribution in [2.45, 2.75) is 0 Å². The predicted octanol–water partition coefficient (Wildman–Crippen LogP) is 4.51. The van der Waals surface area contributed by atoms with Crippen molar-refractivity contribution < 1.29 is 4.79 Å². The zero-order valence-electron chi connectivity index (χ0n) is 11.9. The lowest BCUT2D eigenvalue weighted by atomic mass is 10.2. The van der Waals surface area contributed by atoms with Gasteiger partial charge in [-0.25, -0.2) is 0 Å². The molecule has 0 aliphatic carbocycles. The molecule has 0 saturated carbocycles. The molecule has 23 heavy (non-hydrogen) atoms. The first-order valence-corrected chi connectivity index (χ1v) is 8.04. The van der Waals surface area contributed by atoms with E-state index in [1.807, 2.05) is 48.5 Å². The maximum atomic E-state index is 11.9. The van der Waals surface area contributed by atoms with E-state index in [-0.39, 0.29) is 5.91 Å². The van der Waals surface area contributed by atoms with E-state index in [1.54, 1.807) is 12.1 Å². The fraction of sp³-hybridized carbons (Fsp3) is 0. The maximum Gasteiger partial charge on any atom is 0.250 e. The molecular formula is C17H12ClN3OS. The fourth-order valence-corrected chi connectivity index (χ4v) is 2.97. The number of rotatable bonds is 4. The van der Waals surface area contributed by atoms with E-state index in [0.717, 1.165) is 11.1 Å². The molecule has 114 valence electrons. The first-order valence-electron chi connectivity index (χ1n) is 6.85. The van der Waals surface area contributed by atoms with Crippen molar-refractivity contribution in [1.82, 2.24) is 10.2 Å². The predicted molar refractivity (Wildman–Crippen MR) is 94.5 cm³/mol. The number of carbonyl (C=O) groups is 1. The van der Waals surface area contributed by atoms with Crippen LogP contribution in [0, 0.1) is 0 Å². The standard InChI is InChI=1S/C17H12ClN3OS/c18-14-9-5-4-8-13(14)16-20-21-17(23-16)19-15(22)11-10-12-6-2-1-3-7-12/h1-11H,(H,19,21,22)/b11-10+. The summed E-state index contributed by atoms with van der Waals surface area (Å²) in [6, 6.07) is 17.0. The number of hydrogen-bond acceptors (Lipinski definition) is 4. The Bertz CT molecular complexity index is 846. The number of hydrogen-bond donors (Lipinski definition) is 1. The van der Waals surface area contributed by atoms with Crippen LogP contribution in [0.1, 0.15) is 5.56 Å². The first kappa shape index (κ1) is 15.4. The Morgan fingerprint density at radius 2 is 1.78 bits per heavy atom. The highest BCUT2D eigenvalue weighted by Gasteiger charge is 2.10. The molecule has 6 heteroatoms. The van der Waals surface area contributed by atoms with Crippen molar-refractivity contribution in [3.05, 3.63) is 71.3 Å². The normalized spacial score (nSPS) is 10.8. The van der Waals surface area contributed by atoms with Crippen molar-refractivity contribution in [2.75, 3.05) is 5.32 Å². The summed E-state index contributed by atoms with van der Waals surface area (Å²) >= 11 is 7.41. The molecule has 4 nitrogen and oxygen atoms in total. The lowest BCUT2D eigenvalue weighted by Gasteiger charge is -1.97. The molecule has 0 unspecified atom stereocenters. The van der Waals surface area contributed by atoms with Crippen LogP contribution in [0.3, 0.4) is 0 Å². The monoisotopic (exact) mass is 341 g/mol. The number of amides is 1. The van der Waals surface area contributed by atoms with Crippen LogP contribution in [0.25, 0.3) is 16.6 Å². The molecular weight excluding hydrogens is 330 g/mol. The summed E-state index contributed by atoms with van der Waals surface area (Å²) in [5, 5.41) is 12.4. The number of anilines is 1. The molecule has 3 rings (SSSR count). The molecule has 1 aromatic heterocycles. The molecule has 1 N–H and O–H groups in total.